The first-order valence-corrected chi connectivity index (χ1v) is 8.85. The minimum absolute atomic E-state index is 0.210. The maximum absolute atomic E-state index is 12.6. The summed E-state index contributed by atoms with van der Waals surface area (Å²) in [7, 11) is 3.08. The Kier molecular flexibility index (Phi) is 6.15. The number of benzene rings is 2. The topological polar surface area (TPSA) is 110 Å². The fourth-order valence-corrected chi connectivity index (χ4v) is 2.60. The van der Waals surface area contributed by atoms with Crippen molar-refractivity contribution in [1.82, 2.24) is 20.8 Å². The number of hydrogen-bond acceptors (Lipinski definition) is 8. The van der Waals surface area contributed by atoms with Gasteiger partial charge in [-0.3, -0.25) is 15.0 Å². The number of para-hydroxylation sites is 2. The molecule has 0 aliphatic carbocycles. The minimum atomic E-state index is -1.16. The molecule has 0 saturated carbocycles. The van der Waals surface area contributed by atoms with Crippen LogP contribution in [0.3, 0.4) is 0 Å². The summed E-state index contributed by atoms with van der Waals surface area (Å²) in [5.41, 5.74) is 3.59. The molecule has 29 heavy (non-hydrogen) atoms. The predicted molar refractivity (Wildman–Crippen MR) is 107 cm³/mol. The number of amides is 2. The maximum Gasteiger partial charge on any atom is 0.415 e. The molecule has 0 saturated heterocycles. The van der Waals surface area contributed by atoms with Crippen molar-refractivity contribution in [3.8, 4) is 5.75 Å². The maximum atomic E-state index is 12.6. The lowest BCUT2D eigenvalue weighted by atomic mass is 10.2. The Morgan fingerprint density at radius 2 is 1.79 bits per heavy atom. The number of hydrazine groups is 2. The third kappa shape index (κ3) is 4.55. The van der Waals surface area contributed by atoms with Crippen molar-refractivity contribution >= 4 is 23.6 Å². The third-order valence-corrected chi connectivity index (χ3v) is 4.27. The first-order valence-electron chi connectivity index (χ1n) is 8.85. The fourth-order valence-electron chi connectivity index (χ4n) is 2.60. The molecule has 0 aromatic heterocycles. The number of likely N-dealkylation sites (N-methyl/N-ethyl adjacent to an activating group) is 1. The number of nitrogens with zero attached hydrogens (tertiary/aromatic N) is 4. The summed E-state index contributed by atoms with van der Waals surface area (Å²) in [6.07, 6.45) is -0.767. The van der Waals surface area contributed by atoms with Crippen molar-refractivity contribution < 1.29 is 19.4 Å². The molecule has 10 heteroatoms. The Balaban J connectivity index is 1.61. The highest BCUT2D eigenvalue weighted by atomic mass is 16.6. The number of ether oxygens (including phenoxy) is 1. The number of carbonyl (C=O) groups excluding carboxylic acids is 2. The third-order valence-electron chi connectivity index (χ3n) is 4.27. The van der Waals surface area contributed by atoms with E-state index in [9.17, 15) is 14.7 Å². The molecule has 0 spiro atoms. The number of hydrogen-bond donors (Lipinski definition) is 3. The highest BCUT2D eigenvalue weighted by molar-refractivity contribution is 6.01. The van der Waals surface area contributed by atoms with Crippen LogP contribution in [0, 0.1) is 0 Å². The Bertz CT molecular complexity index is 877. The summed E-state index contributed by atoms with van der Waals surface area (Å²) in [6.45, 7) is -0.584. The van der Waals surface area contributed by atoms with Gasteiger partial charge in [0, 0.05) is 14.1 Å². The van der Waals surface area contributed by atoms with Gasteiger partial charge in [0.25, 0.3) is 5.91 Å². The van der Waals surface area contributed by atoms with Crippen LogP contribution in [0.15, 0.2) is 65.8 Å². The number of nitrogens with one attached hydrogen (secondary N) is 2. The molecule has 1 heterocycles. The number of anilines is 1. The van der Waals surface area contributed by atoms with Gasteiger partial charge in [0.15, 0.2) is 0 Å². The van der Waals surface area contributed by atoms with E-state index in [-0.39, 0.29) is 5.96 Å². The predicted octanol–water partition coefficient (Wildman–Crippen LogP) is 0.737. The van der Waals surface area contributed by atoms with Crippen molar-refractivity contribution in [1.29, 1.82) is 0 Å². The second-order valence-electron chi connectivity index (χ2n) is 6.19. The van der Waals surface area contributed by atoms with Crippen molar-refractivity contribution in [2.45, 2.75) is 6.04 Å². The minimum Gasteiger partial charge on any atom is -0.410 e. The molecule has 2 aromatic carbocycles. The van der Waals surface area contributed by atoms with Crippen molar-refractivity contribution in [2.24, 2.45) is 5.10 Å². The molecule has 10 nitrogen and oxygen atoms in total. The van der Waals surface area contributed by atoms with Crippen LogP contribution in [0.5, 0.6) is 5.75 Å². The van der Waals surface area contributed by atoms with Crippen molar-refractivity contribution in [3.63, 3.8) is 0 Å². The molecule has 2 amide bonds. The van der Waals surface area contributed by atoms with E-state index in [2.05, 4.69) is 16.0 Å². The lowest BCUT2D eigenvalue weighted by molar-refractivity contribution is -0.125. The molecule has 0 fully saturated rings. The number of aliphatic hydroxyl groups is 1. The smallest absolute Gasteiger partial charge is 0.410 e. The summed E-state index contributed by atoms with van der Waals surface area (Å²) in [4.78, 5) is 26.0. The zero-order valence-corrected chi connectivity index (χ0v) is 16.0. The molecule has 0 radical (unpaired) electrons. The Hall–Kier alpha value is -3.79. The monoisotopic (exact) mass is 398 g/mol. The highest BCUT2D eigenvalue weighted by Crippen LogP contribution is 2.16. The number of rotatable bonds is 5. The first-order chi connectivity index (χ1) is 14.0. The molecule has 1 atom stereocenters. The molecule has 152 valence electrons. The molecule has 1 aliphatic heterocycles. The van der Waals surface area contributed by atoms with Gasteiger partial charge >= 0.3 is 6.09 Å². The van der Waals surface area contributed by atoms with Gasteiger partial charge in [0.1, 0.15) is 11.8 Å². The van der Waals surface area contributed by atoms with Crippen molar-refractivity contribution in [3.05, 3.63) is 60.7 Å². The standard InChI is InChI=1S/C19H22N6O4/c1-23(19(28)29-15-11-7-4-8-12-15)16(13-26)17(27)20-18-21-22-25(24(18)2)14-9-5-3-6-10-14/h3-12,16,22,26H,13H2,1-2H3,(H,20,21,27)/t16-/m0/s1. The molecular formula is C19H22N6O4. The van der Waals surface area contributed by atoms with E-state index < -0.39 is 24.6 Å². The van der Waals surface area contributed by atoms with Gasteiger partial charge in [-0.05, 0) is 24.3 Å². The second-order valence-corrected chi connectivity index (χ2v) is 6.19. The van der Waals surface area contributed by atoms with Crippen LogP contribution in [0.1, 0.15) is 0 Å². The van der Waals surface area contributed by atoms with E-state index >= 15 is 0 Å². The zero-order valence-electron chi connectivity index (χ0n) is 16.0. The molecule has 0 bridgehead atoms. The molecule has 1 aliphatic rings. The van der Waals surface area contributed by atoms with Gasteiger partial charge in [-0.25, -0.2) is 9.80 Å². The molecule has 3 N–H and O–H groups in total. The zero-order chi connectivity index (χ0) is 20.8. The number of carbonyl (C=O) groups is 2. The largest absolute Gasteiger partial charge is 0.415 e. The fraction of sp³-hybridized carbons (Fsp3) is 0.211. The van der Waals surface area contributed by atoms with E-state index in [1.54, 1.807) is 47.5 Å². The van der Waals surface area contributed by atoms with E-state index in [0.29, 0.717) is 5.75 Å². The van der Waals surface area contributed by atoms with Gasteiger partial charge in [-0.1, -0.05) is 36.4 Å². The second kappa shape index (κ2) is 8.93. The summed E-state index contributed by atoms with van der Waals surface area (Å²) < 4.78 is 5.21. The molecule has 3 rings (SSSR count). The van der Waals surface area contributed by atoms with Gasteiger partial charge in [-0.15, -0.1) is 5.10 Å². The lowest BCUT2D eigenvalue weighted by Gasteiger charge is -2.28. The van der Waals surface area contributed by atoms with Crippen LogP contribution < -0.4 is 20.7 Å². The van der Waals surface area contributed by atoms with E-state index in [1.165, 1.54) is 7.05 Å². The van der Waals surface area contributed by atoms with Gasteiger partial charge < -0.3 is 9.84 Å². The lowest BCUT2D eigenvalue weighted by Crippen LogP contribution is -2.55. The molecule has 2 aromatic rings. The van der Waals surface area contributed by atoms with Crippen LogP contribution in [0.2, 0.25) is 0 Å². The SMILES string of the molecule is CN(C(=O)Oc1ccccc1)[C@@H](CO)C(=O)NC1=NNN(c2ccccc2)N1C. The Labute approximate surface area is 167 Å². The van der Waals surface area contributed by atoms with E-state index in [4.69, 9.17) is 4.74 Å². The van der Waals surface area contributed by atoms with Crippen molar-refractivity contribution in [2.75, 3.05) is 25.8 Å². The summed E-state index contributed by atoms with van der Waals surface area (Å²) in [5.74, 6) is -0.0616. The van der Waals surface area contributed by atoms with Crippen LogP contribution in [0.4, 0.5) is 10.5 Å². The van der Waals surface area contributed by atoms with Gasteiger partial charge in [0.2, 0.25) is 5.96 Å². The normalized spacial score (nSPS) is 14.0. The van der Waals surface area contributed by atoms with Crippen LogP contribution >= 0.6 is 0 Å². The van der Waals surface area contributed by atoms with E-state index in [1.807, 2.05) is 30.3 Å². The first kappa shape index (κ1) is 20.0. The quantitative estimate of drug-likeness (QED) is 0.681. The number of aliphatic hydroxyl groups excluding tert-OH is 1. The van der Waals surface area contributed by atoms with E-state index in [0.717, 1.165) is 10.6 Å². The van der Waals surface area contributed by atoms with Gasteiger partial charge in [0.05, 0.1) is 12.3 Å². The summed E-state index contributed by atoms with van der Waals surface area (Å²) >= 11 is 0. The molecule has 0 unspecified atom stereocenters. The average Bonchev–Trinajstić information content (AvgIpc) is 3.10. The Morgan fingerprint density at radius 3 is 2.41 bits per heavy atom. The number of hydrazone groups is 1. The Morgan fingerprint density at radius 1 is 1.17 bits per heavy atom. The van der Waals surface area contributed by atoms with Crippen LogP contribution in [-0.4, -0.2) is 59.7 Å². The van der Waals surface area contributed by atoms with Crippen LogP contribution in [-0.2, 0) is 4.79 Å². The van der Waals surface area contributed by atoms with Gasteiger partial charge in [-0.2, -0.15) is 10.7 Å². The average molecular weight is 398 g/mol. The number of guanidine groups is 1. The van der Waals surface area contributed by atoms with Crippen LogP contribution in [0.25, 0.3) is 0 Å². The summed E-state index contributed by atoms with van der Waals surface area (Å²) in [6, 6.07) is 16.7. The highest BCUT2D eigenvalue weighted by Gasteiger charge is 2.31. The molecular weight excluding hydrogens is 376 g/mol. The summed E-state index contributed by atoms with van der Waals surface area (Å²) in [5, 5.41) is 19.5.